The predicted molar refractivity (Wildman–Crippen MR) is 91.5 cm³/mol. The van der Waals surface area contributed by atoms with Crippen molar-refractivity contribution < 1.29 is 0 Å². The summed E-state index contributed by atoms with van der Waals surface area (Å²) in [6, 6.07) is 2.60. The molecule has 1 heterocycles. The molecule has 0 aromatic carbocycles. The van der Waals surface area contributed by atoms with Gasteiger partial charge in [0.05, 0.1) is 5.69 Å². The fraction of sp³-hybridized carbons (Fsp3) is 0.833. The molecular weight excluding hydrogens is 258 g/mol. The van der Waals surface area contributed by atoms with Crippen LogP contribution in [0.4, 0.5) is 0 Å². The van der Waals surface area contributed by atoms with Crippen molar-refractivity contribution in [1.29, 1.82) is 0 Å². The van der Waals surface area contributed by atoms with E-state index in [0.717, 1.165) is 6.54 Å². The first-order valence-electron chi connectivity index (χ1n) is 9.00. The lowest BCUT2D eigenvalue weighted by Gasteiger charge is -2.18. The van der Waals surface area contributed by atoms with Gasteiger partial charge in [-0.2, -0.15) is 5.10 Å². The average Bonchev–Trinajstić information content (AvgIpc) is 2.90. The van der Waals surface area contributed by atoms with Crippen LogP contribution >= 0.6 is 0 Å². The Morgan fingerprint density at radius 3 is 2.14 bits per heavy atom. The Bertz CT molecular complexity index is 346. The number of hydrogen-bond donors (Lipinski definition) is 1. The quantitative estimate of drug-likeness (QED) is 0.519. The lowest BCUT2D eigenvalue weighted by atomic mass is 10.0. The fourth-order valence-electron chi connectivity index (χ4n) is 2.99. The van der Waals surface area contributed by atoms with Gasteiger partial charge < -0.3 is 5.32 Å². The molecule has 0 amide bonds. The van der Waals surface area contributed by atoms with Gasteiger partial charge in [0.25, 0.3) is 0 Å². The molecule has 0 fully saturated rings. The minimum atomic E-state index is 0.465. The maximum absolute atomic E-state index is 4.29. The van der Waals surface area contributed by atoms with Crippen molar-refractivity contribution in [3.63, 3.8) is 0 Å². The zero-order chi connectivity index (χ0) is 15.3. The van der Waals surface area contributed by atoms with Gasteiger partial charge in [0, 0.05) is 19.3 Å². The zero-order valence-corrected chi connectivity index (χ0v) is 14.4. The molecule has 0 aliphatic carbocycles. The highest BCUT2D eigenvalue weighted by molar-refractivity contribution is 5.06. The molecule has 0 radical (unpaired) electrons. The SMILES string of the molecule is CCCCCCCCCCCC(NCC)c1ccnn1C. The maximum atomic E-state index is 4.29. The molecule has 0 saturated carbocycles. The van der Waals surface area contributed by atoms with Crippen LogP contribution in [0.3, 0.4) is 0 Å². The van der Waals surface area contributed by atoms with Crippen molar-refractivity contribution in [3.05, 3.63) is 18.0 Å². The van der Waals surface area contributed by atoms with Crippen LogP contribution in [0, 0.1) is 0 Å². The van der Waals surface area contributed by atoms with Gasteiger partial charge in [-0.25, -0.2) is 0 Å². The van der Waals surface area contributed by atoms with Crippen LogP contribution in [0.2, 0.25) is 0 Å². The second-order valence-electron chi connectivity index (χ2n) is 6.11. The third-order valence-corrected chi connectivity index (χ3v) is 4.26. The number of unbranched alkanes of at least 4 members (excludes halogenated alkanes) is 8. The summed E-state index contributed by atoms with van der Waals surface area (Å²) < 4.78 is 2.00. The zero-order valence-electron chi connectivity index (χ0n) is 14.4. The van der Waals surface area contributed by atoms with Crippen LogP contribution in [0.15, 0.2) is 12.3 Å². The molecule has 1 unspecified atom stereocenters. The molecule has 0 saturated heterocycles. The molecule has 1 atom stereocenters. The Labute approximate surface area is 131 Å². The van der Waals surface area contributed by atoms with E-state index in [4.69, 9.17) is 0 Å². The van der Waals surface area contributed by atoms with E-state index in [-0.39, 0.29) is 0 Å². The minimum absolute atomic E-state index is 0.465. The number of rotatable bonds is 13. The topological polar surface area (TPSA) is 29.9 Å². The van der Waals surface area contributed by atoms with Crippen LogP contribution < -0.4 is 5.32 Å². The first kappa shape index (κ1) is 18.2. The number of aryl methyl sites for hydroxylation is 1. The van der Waals surface area contributed by atoms with Gasteiger partial charge in [-0.15, -0.1) is 0 Å². The number of nitrogens with zero attached hydrogens (tertiary/aromatic N) is 2. The van der Waals surface area contributed by atoms with E-state index in [1.807, 2.05) is 17.9 Å². The van der Waals surface area contributed by atoms with E-state index in [9.17, 15) is 0 Å². The maximum Gasteiger partial charge on any atom is 0.0550 e. The second-order valence-corrected chi connectivity index (χ2v) is 6.11. The summed E-state index contributed by atoms with van der Waals surface area (Å²) in [5.41, 5.74) is 1.32. The lowest BCUT2D eigenvalue weighted by molar-refractivity contribution is 0.451. The summed E-state index contributed by atoms with van der Waals surface area (Å²) in [6.45, 7) is 5.48. The lowest BCUT2D eigenvalue weighted by Crippen LogP contribution is -2.23. The monoisotopic (exact) mass is 293 g/mol. The number of nitrogens with one attached hydrogen (secondary N) is 1. The average molecular weight is 293 g/mol. The summed E-state index contributed by atoms with van der Waals surface area (Å²) in [5, 5.41) is 7.88. The number of aromatic nitrogens is 2. The third-order valence-electron chi connectivity index (χ3n) is 4.26. The molecule has 1 aromatic rings. The number of hydrogen-bond acceptors (Lipinski definition) is 2. The first-order valence-corrected chi connectivity index (χ1v) is 9.00. The van der Waals surface area contributed by atoms with E-state index in [2.05, 4.69) is 30.3 Å². The highest BCUT2D eigenvalue weighted by Gasteiger charge is 2.12. The standard InChI is InChI=1S/C18H35N3/c1-4-6-7-8-9-10-11-12-13-14-17(19-5-2)18-15-16-20-21(18)3/h15-17,19H,4-14H2,1-3H3. The van der Waals surface area contributed by atoms with Gasteiger partial charge in [-0.3, -0.25) is 4.68 Å². The van der Waals surface area contributed by atoms with Gasteiger partial charge in [0.2, 0.25) is 0 Å². The second kappa shape index (κ2) is 11.8. The van der Waals surface area contributed by atoms with Crippen molar-refractivity contribution in [2.45, 2.75) is 84.1 Å². The third kappa shape index (κ3) is 7.66. The van der Waals surface area contributed by atoms with Crippen LogP contribution in [0.5, 0.6) is 0 Å². The Hall–Kier alpha value is -0.830. The molecule has 1 rings (SSSR count). The van der Waals surface area contributed by atoms with Crippen molar-refractivity contribution >= 4 is 0 Å². The Morgan fingerprint density at radius 1 is 1.00 bits per heavy atom. The summed E-state index contributed by atoms with van der Waals surface area (Å²) in [6.07, 6.45) is 15.7. The molecule has 0 aliphatic rings. The van der Waals surface area contributed by atoms with E-state index in [0.29, 0.717) is 6.04 Å². The van der Waals surface area contributed by atoms with Gasteiger partial charge in [-0.05, 0) is 19.0 Å². The Morgan fingerprint density at radius 2 is 1.62 bits per heavy atom. The largest absolute Gasteiger partial charge is 0.309 e. The molecule has 0 spiro atoms. The molecule has 0 aliphatic heterocycles. The van der Waals surface area contributed by atoms with E-state index in [1.54, 1.807) is 0 Å². The summed E-state index contributed by atoms with van der Waals surface area (Å²) in [5.74, 6) is 0. The van der Waals surface area contributed by atoms with Crippen LogP contribution in [0.1, 0.15) is 89.8 Å². The molecular formula is C18H35N3. The van der Waals surface area contributed by atoms with Crippen LogP contribution in [-0.2, 0) is 7.05 Å². The summed E-state index contributed by atoms with van der Waals surface area (Å²) in [7, 11) is 2.04. The Balaban J connectivity index is 2.10. The minimum Gasteiger partial charge on any atom is -0.309 e. The Kier molecular flexibility index (Phi) is 10.2. The molecule has 1 aromatic heterocycles. The van der Waals surface area contributed by atoms with Crippen molar-refractivity contribution in [3.8, 4) is 0 Å². The van der Waals surface area contributed by atoms with Crippen molar-refractivity contribution in [1.82, 2.24) is 15.1 Å². The molecule has 1 N–H and O–H groups in total. The molecule has 122 valence electrons. The van der Waals surface area contributed by atoms with Gasteiger partial charge in [0.1, 0.15) is 0 Å². The molecule has 3 heteroatoms. The first-order chi connectivity index (χ1) is 10.3. The summed E-state index contributed by atoms with van der Waals surface area (Å²) in [4.78, 5) is 0. The van der Waals surface area contributed by atoms with Gasteiger partial charge in [-0.1, -0.05) is 71.6 Å². The molecule has 0 bridgehead atoms. The van der Waals surface area contributed by atoms with E-state index in [1.165, 1.54) is 69.9 Å². The van der Waals surface area contributed by atoms with Gasteiger partial charge in [0.15, 0.2) is 0 Å². The van der Waals surface area contributed by atoms with Crippen molar-refractivity contribution in [2.24, 2.45) is 7.05 Å². The van der Waals surface area contributed by atoms with Crippen LogP contribution in [-0.4, -0.2) is 16.3 Å². The molecule has 3 nitrogen and oxygen atoms in total. The van der Waals surface area contributed by atoms with Crippen LogP contribution in [0.25, 0.3) is 0 Å². The normalized spacial score (nSPS) is 12.7. The van der Waals surface area contributed by atoms with Gasteiger partial charge >= 0.3 is 0 Å². The van der Waals surface area contributed by atoms with E-state index < -0.39 is 0 Å². The predicted octanol–water partition coefficient (Wildman–Crippen LogP) is 4.99. The molecule has 21 heavy (non-hydrogen) atoms. The fourth-order valence-corrected chi connectivity index (χ4v) is 2.99. The summed E-state index contributed by atoms with van der Waals surface area (Å²) >= 11 is 0. The highest BCUT2D eigenvalue weighted by Crippen LogP contribution is 2.20. The smallest absolute Gasteiger partial charge is 0.0550 e. The van der Waals surface area contributed by atoms with Crippen molar-refractivity contribution in [2.75, 3.05) is 6.54 Å². The highest BCUT2D eigenvalue weighted by atomic mass is 15.3. The van der Waals surface area contributed by atoms with E-state index >= 15 is 0 Å².